The van der Waals surface area contributed by atoms with E-state index in [0.717, 1.165) is 33.7 Å². The quantitative estimate of drug-likeness (QED) is 0.777. The van der Waals surface area contributed by atoms with Gasteiger partial charge in [-0.1, -0.05) is 42.5 Å². The first-order chi connectivity index (χ1) is 11.6. The molecule has 0 atom stereocenters. The maximum absolute atomic E-state index is 13.0. The van der Waals surface area contributed by atoms with E-state index in [4.69, 9.17) is 5.73 Å². The summed E-state index contributed by atoms with van der Waals surface area (Å²) in [5, 5.41) is 0. The molecule has 2 amide bonds. The highest BCUT2D eigenvalue weighted by molar-refractivity contribution is 7.16. The van der Waals surface area contributed by atoms with Crippen LogP contribution in [0, 0.1) is 0 Å². The van der Waals surface area contributed by atoms with Gasteiger partial charge in [-0.25, -0.2) is 0 Å². The maximum atomic E-state index is 13.0. The number of benzene rings is 2. The van der Waals surface area contributed by atoms with Crippen molar-refractivity contribution in [1.82, 2.24) is 0 Å². The molecule has 0 bridgehead atoms. The van der Waals surface area contributed by atoms with Gasteiger partial charge in [0.05, 0.1) is 22.0 Å². The number of carbonyl (C=O) groups excluding carboxylic acids is 2. The average molecular weight is 334 g/mol. The van der Waals surface area contributed by atoms with Crippen LogP contribution in [0.4, 0.5) is 5.69 Å². The molecule has 1 aliphatic rings. The molecule has 1 aliphatic heterocycles. The lowest BCUT2D eigenvalue weighted by Gasteiger charge is -2.31. The molecule has 118 valence electrons. The standard InChI is InChI=1S/C19H14N2O2S/c20-18(22)16-9-10-17(24-16)19(23)21-11-12-5-1-2-6-13(12)14-7-3-4-8-15(14)21/h1-10H,11H2,(H2,20,22). The Morgan fingerprint density at radius 3 is 2.29 bits per heavy atom. The number of rotatable bonds is 2. The van der Waals surface area contributed by atoms with Crippen molar-refractivity contribution in [1.29, 1.82) is 0 Å². The van der Waals surface area contributed by atoms with Gasteiger partial charge in [0, 0.05) is 5.56 Å². The Morgan fingerprint density at radius 1 is 0.875 bits per heavy atom. The molecule has 1 aromatic heterocycles. The summed E-state index contributed by atoms with van der Waals surface area (Å²) in [4.78, 5) is 26.9. The van der Waals surface area contributed by atoms with Gasteiger partial charge in [-0.05, 0) is 29.3 Å². The molecule has 4 rings (SSSR count). The summed E-state index contributed by atoms with van der Waals surface area (Å²) in [6.07, 6.45) is 0. The molecule has 0 saturated heterocycles. The third kappa shape index (κ3) is 2.30. The van der Waals surface area contributed by atoms with Gasteiger partial charge in [0.25, 0.3) is 11.8 Å². The van der Waals surface area contributed by atoms with Gasteiger partial charge in [-0.3, -0.25) is 9.59 Å². The molecule has 0 unspecified atom stereocenters. The van der Waals surface area contributed by atoms with E-state index in [1.807, 2.05) is 42.5 Å². The molecule has 2 N–H and O–H groups in total. The minimum absolute atomic E-state index is 0.116. The number of carbonyl (C=O) groups is 2. The van der Waals surface area contributed by atoms with Crippen molar-refractivity contribution in [2.45, 2.75) is 6.54 Å². The van der Waals surface area contributed by atoms with E-state index < -0.39 is 5.91 Å². The predicted molar refractivity (Wildman–Crippen MR) is 95.2 cm³/mol. The van der Waals surface area contributed by atoms with Crippen LogP contribution in [0.25, 0.3) is 11.1 Å². The van der Waals surface area contributed by atoms with Gasteiger partial charge in [0.2, 0.25) is 0 Å². The Kier molecular flexibility index (Phi) is 3.43. The summed E-state index contributed by atoms with van der Waals surface area (Å²) in [5.41, 5.74) is 9.48. The molecule has 5 heteroatoms. The molecule has 3 aromatic rings. The van der Waals surface area contributed by atoms with E-state index in [1.165, 1.54) is 0 Å². The topological polar surface area (TPSA) is 63.4 Å². The van der Waals surface area contributed by atoms with Crippen LogP contribution in [-0.4, -0.2) is 11.8 Å². The van der Waals surface area contributed by atoms with E-state index in [2.05, 4.69) is 6.07 Å². The van der Waals surface area contributed by atoms with Gasteiger partial charge in [-0.2, -0.15) is 0 Å². The van der Waals surface area contributed by atoms with Crippen molar-refractivity contribution in [3.63, 3.8) is 0 Å². The van der Waals surface area contributed by atoms with Crippen molar-refractivity contribution in [3.8, 4) is 11.1 Å². The second kappa shape index (κ2) is 5.62. The Balaban J connectivity index is 1.79. The molecule has 24 heavy (non-hydrogen) atoms. The van der Waals surface area contributed by atoms with E-state index in [-0.39, 0.29) is 5.91 Å². The van der Waals surface area contributed by atoms with Crippen molar-refractivity contribution in [2.75, 3.05) is 4.90 Å². The third-order valence-corrected chi connectivity index (χ3v) is 5.22. The van der Waals surface area contributed by atoms with Crippen LogP contribution in [0.2, 0.25) is 0 Å². The molecular weight excluding hydrogens is 320 g/mol. The van der Waals surface area contributed by atoms with E-state index >= 15 is 0 Å². The number of thiophene rings is 1. The van der Waals surface area contributed by atoms with Gasteiger partial charge >= 0.3 is 0 Å². The smallest absolute Gasteiger partial charge is 0.268 e. The van der Waals surface area contributed by atoms with Crippen LogP contribution >= 0.6 is 11.3 Å². The Morgan fingerprint density at radius 2 is 1.54 bits per heavy atom. The highest BCUT2D eigenvalue weighted by Gasteiger charge is 2.27. The zero-order chi connectivity index (χ0) is 16.7. The minimum atomic E-state index is -0.511. The fraction of sp³-hybridized carbons (Fsp3) is 0.0526. The molecule has 0 radical (unpaired) electrons. The van der Waals surface area contributed by atoms with Crippen molar-refractivity contribution in [3.05, 3.63) is 76.0 Å². The second-order valence-corrected chi connectivity index (χ2v) is 6.68. The van der Waals surface area contributed by atoms with E-state index in [1.54, 1.807) is 17.0 Å². The molecule has 0 aliphatic carbocycles. The Labute approximate surface area is 143 Å². The molecule has 0 saturated carbocycles. The van der Waals surface area contributed by atoms with Gasteiger partial charge in [0.15, 0.2) is 0 Å². The zero-order valence-electron chi connectivity index (χ0n) is 12.7. The van der Waals surface area contributed by atoms with Gasteiger partial charge in [-0.15, -0.1) is 11.3 Å². The predicted octanol–water partition coefficient (Wildman–Crippen LogP) is 3.67. The lowest BCUT2D eigenvalue weighted by Crippen LogP contribution is -2.32. The number of para-hydroxylation sites is 1. The number of fused-ring (bicyclic) bond motifs is 3. The van der Waals surface area contributed by atoms with Crippen LogP contribution in [0.15, 0.2) is 60.7 Å². The van der Waals surface area contributed by atoms with Crippen LogP contribution in [0.5, 0.6) is 0 Å². The van der Waals surface area contributed by atoms with Crippen molar-refractivity contribution >= 4 is 28.8 Å². The van der Waals surface area contributed by atoms with Crippen molar-refractivity contribution in [2.24, 2.45) is 5.73 Å². The summed E-state index contributed by atoms with van der Waals surface area (Å²) in [6, 6.07) is 19.2. The van der Waals surface area contributed by atoms with E-state index in [9.17, 15) is 9.59 Å². The summed E-state index contributed by atoms with van der Waals surface area (Å²) in [6.45, 7) is 0.510. The normalized spacial score (nSPS) is 12.4. The number of primary amides is 1. The first-order valence-electron chi connectivity index (χ1n) is 7.54. The first-order valence-corrected chi connectivity index (χ1v) is 8.35. The molecular formula is C19H14N2O2S. The molecule has 0 fully saturated rings. The van der Waals surface area contributed by atoms with Gasteiger partial charge in [0.1, 0.15) is 0 Å². The Hall–Kier alpha value is -2.92. The summed E-state index contributed by atoms with van der Waals surface area (Å²) < 4.78 is 0. The minimum Gasteiger partial charge on any atom is -0.365 e. The highest BCUT2D eigenvalue weighted by Crippen LogP contribution is 2.39. The van der Waals surface area contributed by atoms with E-state index in [0.29, 0.717) is 16.3 Å². The maximum Gasteiger partial charge on any atom is 0.268 e. The summed E-state index contributed by atoms with van der Waals surface area (Å²) >= 11 is 1.13. The summed E-state index contributed by atoms with van der Waals surface area (Å²) in [7, 11) is 0. The first kappa shape index (κ1) is 14.7. The van der Waals surface area contributed by atoms with Gasteiger partial charge < -0.3 is 10.6 Å². The number of hydrogen-bond donors (Lipinski definition) is 1. The van der Waals surface area contributed by atoms with Crippen LogP contribution in [0.1, 0.15) is 24.9 Å². The third-order valence-electron chi connectivity index (χ3n) is 4.14. The van der Waals surface area contributed by atoms with Crippen LogP contribution < -0.4 is 10.6 Å². The Bertz CT molecular complexity index is 961. The van der Waals surface area contributed by atoms with Crippen LogP contribution in [-0.2, 0) is 6.54 Å². The molecule has 4 nitrogen and oxygen atoms in total. The number of nitrogens with zero attached hydrogens (tertiary/aromatic N) is 1. The lowest BCUT2D eigenvalue weighted by atomic mass is 9.93. The SMILES string of the molecule is NC(=O)c1ccc(C(=O)N2Cc3ccccc3-c3ccccc32)s1. The fourth-order valence-electron chi connectivity index (χ4n) is 3.01. The van der Waals surface area contributed by atoms with Crippen LogP contribution in [0.3, 0.4) is 0 Å². The number of hydrogen-bond acceptors (Lipinski definition) is 3. The second-order valence-electron chi connectivity index (χ2n) is 5.59. The monoisotopic (exact) mass is 334 g/mol. The number of nitrogens with two attached hydrogens (primary N) is 1. The largest absolute Gasteiger partial charge is 0.365 e. The number of amides is 2. The molecule has 2 aromatic carbocycles. The van der Waals surface area contributed by atoms with Crippen molar-refractivity contribution < 1.29 is 9.59 Å². The zero-order valence-corrected chi connectivity index (χ0v) is 13.5. The average Bonchev–Trinajstić information content (AvgIpc) is 3.11. The molecule has 0 spiro atoms. The number of anilines is 1. The lowest BCUT2D eigenvalue weighted by molar-refractivity contribution is 0.0986. The molecule has 2 heterocycles. The highest BCUT2D eigenvalue weighted by atomic mass is 32.1. The summed E-state index contributed by atoms with van der Waals surface area (Å²) in [5.74, 6) is -0.627. The fourth-order valence-corrected chi connectivity index (χ4v) is 3.82.